The van der Waals surface area contributed by atoms with Crippen molar-refractivity contribution < 1.29 is 23.1 Å². The molecule has 0 saturated heterocycles. The van der Waals surface area contributed by atoms with E-state index in [0.29, 0.717) is 11.1 Å². The molecule has 0 spiro atoms. The van der Waals surface area contributed by atoms with Crippen molar-refractivity contribution in [3.05, 3.63) is 10.9 Å². The molecule has 25 heavy (non-hydrogen) atoms. The first-order valence-electron chi connectivity index (χ1n) is 7.73. The van der Waals surface area contributed by atoms with Gasteiger partial charge in [0.25, 0.3) is 0 Å². The Labute approximate surface area is 150 Å². The lowest BCUT2D eigenvalue weighted by Gasteiger charge is -2.07. The number of hydrogen-bond acceptors (Lipinski definition) is 6. The van der Waals surface area contributed by atoms with E-state index in [1.54, 1.807) is 23.1 Å². The number of halogens is 3. The van der Waals surface area contributed by atoms with Gasteiger partial charge in [0.15, 0.2) is 5.16 Å². The molecule has 1 aliphatic carbocycles. The fourth-order valence-corrected chi connectivity index (χ4v) is 4.55. The monoisotopic (exact) mass is 393 g/mol. The lowest BCUT2D eigenvalue weighted by atomic mass is 10.3. The number of nitrogens with two attached hydrogens (primary N) is 1. The van der Waals surface area contributed by atoms with Gasteiger partial charge in [-0.15, -0.1) is 11.3 Å². The molecular weight excluding hydrogens is 375 g/mol. The number of hydrogen-bond donors (Lipinski definition) is 2. The van der Waals surface area contributed by atoms with Crippen LogP contribution < -0.4 is 5.73 Å². The maximum Gasteiger partial charge on any atom is 0.490 e. The average Bonchev–Trinajstić information content (AvgIpc) is 3.16. The van der Waals surface area contributed by atoms with Crippen LogP contribution in [0.5, 0.6) is 0 Å². The second-order valence-electron chi connectivity index (χ2n) is 5.50. The summed E-state index contributed by atoms with van der Waals surface area (Å²) in [5.41, 5.74) is 6.04. The Morgan fingerprint density at radius 1 is 1.40 bits per heavy atom. The van der Waals surface area contributed by atoms with Gasteiger partial charge in [-0.3, -0.25) is 0 Å². The summed E-state index contributed by atoms with van der Waals surface area (Å²) in [7, 11) is 0. The van der Waals surface area contributed by atoms with Crippen molar-refractivity contribution in [1.82, 2.24) is 9.97 Å². The van der Waals surface area contributed by atoms with Gasteiger partial charge in [0.2, 0.25) is 0 Å². The average molecular weight is 393 g/mol. The highest BCUT2D eigenvalue weighted by atomic mass is 32.2. The van der Waals surface area contributed by atoms with E-state index in [0.717, 1.165) is 21.8 Å². The Kier molecular flexibility index (Phi) is 6.50. The number of thiophene rings is 1. The Morgan fingerprint density at radius 3 is 2.52 bits per heavy atom. The first kappa shape index (κ1) is 19.8. The van der Waals surface area contributed by atoms with Gasteiger partial charge in [-0.25, -0.2) is 14.8 Å². The molecule has 0 aromatic carbocycles. The van der Waals surface area contributed by atoms with Gasteiger partial charge in [0, 0.05) is 10.1 Å². The number of rotatable bonds is 3. The number of fused-ring (bicyclic) bond motifs is 1. The number of aliphatic carboxylic acids is 1. The van der Waals surface area contributed by atoms with E-state index >= 15 is 0 Å². The minimum Gasteiger partial charge on any atom is -0.475 e. The maximum atomic E-state index is 10.6. The van der Waals surface area contributed by atoms with Crippen LogP contribution in [0.1, 0.15) is 37.5 Å². The molecule has 1 saturated carbocycles. The Bertz CT molecular complexity index is 743. The Hall–Kier alpha value is -1.55. The summed E-state index contributed by atoms with van der Waals surface area (Å²) in [6.07, 6.45) is 1.21. The number of aryl methyl sites for hydroxylation is 1. The summed E-state index contributed by atoms with van der Waals surface area (Å²) in [5, 5.41) is 9.69. The van der Waals surface area contributed by atoms with E-state index in [-0.39, 0.29) is 0 Å². The molecule has 0 radical (unpaired) electrons. The number of carboxylic acids is 1. The van der Waals surface area contributed by atoms with Crippen LogP contribution in [0.3, 0.4) is 0 Å². The highest BCUT2D eigenvalue weighted by Crippen LogP contribution is 2.35. The molecule has 0 amide bonds. The predicted octanol–water partition coefficient (Wildman–Crippen LogP) is 4.50. The standard InChI is InChI=1S/C13H17N3S2.C2HF3O2/c1-2-8-7-10-11(14)15-13(16-12(10)17-8)18-9-5-3-4-6-9;3-2(4,5)1(6)7/h7,9H,2-6H2,1H3,(H2,14,15,16);(H,6,7). The molecule has 3 N–H and O–H groups in total. The van der Waals surface area contributed by atoms with Crippen LogP contribution in [0.2, 0.25) is 0 Å². The van der Waals surface area contributed by atoms with E-state index in [9.17, 15) is 13.2 Å². The van der Waals surface area contributed by atoms with Crippen LogP contribution in [0.25, 0.3) is 10.2 Å². The molecule has 0 bridgehead atoms. The normalized spacial score (nSPS) is 15.2. The number of carboxylic acid groups (broad SMARTS) is 1. The van der Waals surface area contributed by atoms with Crippen molar-refractivity contribution in [2.45, 2.75) is 55.6 Å². The van der Waals surface area contributed by atoms with Crippen molar-refractivity contribution in [2.75, 3.05) is 5.73 Å². The van der Waals surface area contributed by atoms with Crippen molar-refractivity contribution in [3.8, 4) is 0 Å². The van der Waals surface area contributed by atoms with Crippen LogP contribution >= 0.6 is 23.1 Å². The third kappa shape index (κ3) is 5.46. The number of anilines is 1. The van der Waals surface area contributed by atoms with Crippen LogP contribution in [-0.2, 0) is 11.2 Å². The molecule has 3 rings (SSSR count). The van der Waals surface area contributed by atoms with E-state index in [1.807, 2.05) is 0 Å². The number of carbonyl (C=O) groups is 1. The Morgan fingerprint density at radius 2 is 2.00 bits per heavy atom. The lowest BCUT2D eigenvalue weighted by Crippen LogP contribution is -2.21. The molecule has 0 unspecified atom stereocenters. The van der Waals surface area contributed by atoms with Crippen LogP contribution in [0.4, 0.5) is 19.0 Å². The molecular formula is C15H18F3N3O2S2. The molecule has 2 heterocycles. The van der Waals surface area contributed by atoms with Crippen molar-refractivity contribution in [3.63, 3.8) is 0 Å². The van der Waals surface area contributed by atoms with Gasteiger partial charge < -0.3 is 10.8 Å². The third-order valence-electron chi connectivity index (χ3n) is 3.62. The number of nitrogen functional groups attached to an aromatic ring is 1. The minimum absolute atomic E-state index is 0.636. The summed E-state index contributed by atoms with van der Waals surface area (Å²) >= 11 is 3.54. The maximum absolute atomic E-state index is 10.6. The van der Waals surface area contributed by atoms with Crippen molar-refractivity contribution >= 4 is 45.1 Å². The quantitative estimate of drug-likeness (QED) is 0.746. The van der Waals surface area contributed by atoms with Gasteiger partial charge in [-0.1, -0.05) is 31.5 Å². The van der Waals surface area contributed by atoms with Gasteiger partial charge in [0.05, 0.1) is 5.39 Å². The third-order valence-corrected chi connectivity index (χ3v) is 5.99. The highest BCUT2D eigenvalue weighted by molar-refractivity contribution is 7.99. The smallest absolute Gasteiger partial charge is 0.475 e. The molecule has 1 fully saturated rings. The number of aromatic nitrogens is 2. The zero-order valence-electron chi connectivity index (χ0n) is 13.5. The predicted molar refractivity (Wildman–Crippen MR) is 93.0 cm³/mol. The summed E-state index contributed by atoms with van der Waals surface area (Å²) in [5.74, 6) is -2.12. The molecule has 0 atom stereocenters. The molecule has 138 valence electrons. The largest absolute Gasteiger partial charge is 0.490 e. The summed E-state index contributed by atoms with van der Waals surface area (Å²) in [4.78, 5) is 20.4. The zero-order chi connectivity index (χ0) is 18.6. The summed E-state index contributed by atoms with van der Waals surface area (Å²) in [6.45, 7) is 2.16. The van der Waals surface area contributed by atoms with E-state index in [1.165, 1.54) is 30.6 Å². The van der Waals surface area contributed by atoms with E-state index in [2.05, 4.69) is 23.0 Å². The molecule has 5 nitrogen and oxygen atoms in total. The van der Waals surface area contributed by atoms with Gasteiger partial charge in [0.1, 0.15) is 10.6 Å². The minimum atomic E-state index is -5.08. The van der Waals surface area contributed by atoms with Crippen LogP contribution in [0.15, 0.2) is 11.2 Å². The topological polar surface area (TPSA) is 89.1 Å². The molecule has 1 aliphatic rings. The number of nitrogens with zero attached hydrogens (tertiary/aromatic N) is 2. The van der Waals surface area contributed by atoms with Gasteiger partial charge in [-0.2, -0.15) is 13.2 Å². The van der Waals surface area contributed by atoms with Crippen LogP contribution in [-0.4, -0.2) is 32.5 Å². The molecule has 10 heteroatoms. The number of alkyl halides is 3. The first-order valence-corrected chi connectivity index (χ1v) is 9.43. The van der Waals surface area contributed by atoms with Crippen molar-refractivity contribution in [1.29, 1.82) is 0 Å². The zero-order valence-corrected chi connectivity index (χ0v) is 15.1. The van der Waals surface area contributed by atoms with E-state index in [4.69, 9.17) is 15.6 Å². The SMILES string of the molecule is CCc1cc2c(N)nc(SC3CCCC3)nc2s1.O=C(O)C(F)(F)F. The van der Waals surface area contributed by atoms with Gasteiger partial charge >= 0.3 is 12.1 Å². The molecule has 2 aromatic rings. The second kappa shape index (κ2) is 8.22. The first-order chi connectivity index (χ1) is 11.7. The molecule has 2 aromatic heterocycles. The van der Waals surface area contributed by atoms with E-state index < -0.39 is 12.1 Å². The fourth-order valence-electron chi connectivity index (χ4n) is 2.36. The number of thioether (sulfide) groups is 1. The lowest BCUT2D eigenvalue weighted by molar-refractivity contribution is -0.192. The summed E-state index contributed by atoms with van der Waals surface area (Å²) < 4.78 is 31.7. The second-order valence-corrected chi connectivity index (χ2v) is 7.89. The van der Waals surface area contributed by atoms with Crippen LogP contribution in [0, 0.1) is 0 Å². The fraction of sp³-hybridized carbons (Fsp3) is 0.533. The Balaban J connectivity index is 0.000000277. The van der Waals surface area contributed by atoms with Gasteiger partial charge in [-0.05, 0) is 25.3 Å². The highest BCUT2D eigenvalue weighted by Gasteiger charge is 2.38. The van der Waals surface area contributed by atoms with Crippen molar-refractivity contribution in [2.24, 2.45) is 0 Å². The molecule has 0 aliphatic heterocycles. The summed E-state index contributed by atoms with van der Waals surface area (Å²) in [6, 6.07) is 2.12.